The maximum absolute atomic E-state index is 13.5. The van der Waals surface area contributed by atoms with Gasteiger partial charge in [-0.05, 0) is 51.8 Å². The van der Waals surface area contributed by atoms with Crippen LogP contribution in [0.3, 0.4) is 0 Å². The highest BCUT2D eigenvalue weighted by Gasteiger charge is 2.29. The molecule has 1 aliphatic carbocycles. The quantitative estimate of drug-likeness (QED) is 0.821. The molecule has 6 nitrogen and oxygen atoms in total. The lowest BCUT2D eigenvalue weighted by atomic mass is 9.95. The zero-order valence-electron chi connectivity index (χ0n) is 17.3. The van der Waals surface area contributed by atoms with E-state index in [1.54, 1.807) is 12.0 Å². The van der Waals surface area contributed by atoms with Crippen LogP contribution in [0.25, 0.3) is 10.9 Å². The Bertz CT molecular complexity index is 879. The summed E-state index contributed by atoms with van der Waals surface area (Å²) in [4.78, 5) is 26.6. The van der Waals surface area contributed by atoms with Crippen LogP contribution in [-0.2, 0) is 4.79 Å². The fourth-order valence-corrected chi connectivity index (χ4v) is 4.43. The fraction of sp³-hybridized carbons (Fsp3) is 0.545. The van der Waals surface area contributed by atoms with E-state index in [4.69, 9.17) is 10.5 Å². The van der Waals surface area contributed by atoms with E-state index in [2.05, 4.69) is 4.57 Å². The zero-order chi connectivity index (χ0) is 20.4. The topological polar surface area (TPSA) is 77.6 Å². The Morgan fingerprint density at radius 3 is 2.50 bits per heavy atom. The molecule has 152 valence electrons. The molecule has 2 amide bonds. The predicted molar refractivity (Wildman–Crippen MR) is 111 cm³/mol. The molecule has 3 rings (SSSR count). The van der Waals surface area contributed by atoms with E-state index in [0.29, 0.717) is 17.4 Å². The number of carbonyl (C=O) groups is 2. The van der Waals surface area contributed by atoms with E-state index in [0.717, 1.165) is 29.4 Å². The monoisotopic (exact) mass is 385 g/mol. The Hall–Kier alpha value is -2.50. The SMILES string of the molecule is COc1ccc2c(c1)c(C(=O)N(CC(N)=O)C(C)C)c(C)n2C1CCCCC1. The first-order valence-corrected chi connectivity index (χ1v) is 10.1. The van der Waals surface area contributed by atoms with Crippen molar-refractivity contribution in [2.45, 2.75) is 65.0 Å². The van der Waals surface area contributed by atoms with Crippen LogP contribution in [0.2, 0.25) is 0 Å². The number of fused-ring (bicyclic) bond motifs is 1. The number of carbonyl (C=O) groups excluding carboxylic acids is 2. The first kappa shape index (κ1) is 20.2. The fourth-order valence-electron chi connectivity index (χ4n) is 4.43. The van der Waals surface area contributed by atoms with Gasteiger partial charge in [0, 0.05) is 28.7 Å². The third-order valence-electron chi connectivity index (χ3n) is 5.82. The standard InChI is InChI=1S/C22H31N3O3/c1-14(2)24(13-20(23)26)22(27)21-15(3)25(16-8-6-5-7-9-16)19-11-10-17(28-4)12-18(19)21/h10-12,14,16H,5-9,13H2,1-4H3,(H2,23,26). The van der Waals surface area contributed by atoms with E-state index < -0.39 is 5.91 Å². The minimum Gasteiger partial charge on any atom is -0.497 e. The van der Waals surface area contributed by atoms with Crippen LogP contribution in [-0.4, -0.2) is 41.0 Å². The summed E-state index contributed by atoms with van der Waals surface area (Å²) in [5, 5.41) is 0.877. The molecule has 2 N–H and O–H groups in total. The molecule has 0 unspecified atom stereocenters. The third-order valence-corrected chi connectivity index (χ3v) is 5.82. The number of primary amides is 1. The van der Waals surface area contributed by atoms with Gasteiger partial charge in [-0.2, -0.15) is 0 Å². The first-order valence-electron chi connectivity index (χ1n) is 10.1. The minimum atomic E-state index is -0.506. The Balaban J connectivity index is 2.18. The van der Waals surface area contributed by atoms with Crippen molar-refractivity contribution in [3.8, 4) is 5.75 Å². The van der Waals surface area contributed by atoms with Crippen molar-refractivity contribution in [2.24, 2.45) is 5.73 Å². The third kappa shape index (κ3) is 3.73. The molecule has 1 aliphatic rings. The molecule has 1 fully saturated rings. The number of nitrogens with two attached hydrogens (primary N) is 1. The lowest BCUT2D eigenvalue weighted by Crippen LogP contribution is -2.43. The molecule has 0 saturated heterocycles. The number of ether oxygens (including phenoxy) is 1. The number of amides is 2. The molecule has 1 heterocycles. The maximum atomic E-state index is 13.5. The zero-order valence-corrected chi connectivity index (χ0v) is 17.3. The van der Waals surface area contributed by atoms with Crippen LogP contribution in [0, 0.1) is 6.92 Å². The highest BCUT2D eigenvalue weighted by Crippen LogP contribution is 2.37. The molecular weight excluding hydrogens is 354 g/mol. The van der Waals surface area contributed by atoms with Crippen molar-refractivity contribution in [1.29, 1.82) is 0 Å². The van der Waals surface area contributed by atoms with Crippen LogP contribution in [0.1, 0.15) is 68.0 Å². The highest BCUT2D eigenvalue weighted by atomic mass is 16.5. The lowest BCUT2D eigenvalue weighted by molar-refractivity contribution is -0.119. The summed E-state index contributed by atoms with van der Waals surface area (Å²) in [5.41, 5.74) is 8.06. The molecule has 0 bridgehead atoms. The lowest BCUT2D eigenvalue weighted by Gasteiger charge is -2.27. The van der Waals surface area contributed by atoms with Crippen molar-refractivity contribution in [3.63, 3.8) is 0 Å². The normalized spacial score (nSPS) is 15.2. The van der Waals surface area contributed by atoms with E-state index in [9.17, 15) is 9.59 Å². The summed E-state index contributed by atoms with van der Waals surface area (Å²) >= 11 is 0. The number of nitrogens with zero attached hydrogens (tertiary/aromatic N) is 2. The Kier molecular flexibility index (Phi) is 5.96. The average Bonchev–Trinajstić information content (AvgIpc) is 2.96. The van der Waals surface area contributed by atoms with E-state index in [-0.39, 0.29) is 18.5 Å². The molecule has 1 aromatic heterocycles. The smallest absolute Gasteiger partial charge is 0.257 e. The molecular formula is C22H31N3O3. The van der Waals surface area contributed by atoms with Gasteiger partial charge in [0.2, 0.25) is 5.91 Å². The van der Waals surface area contributed by atoms with Gasteiger partial charge >= 0.3 is 0 Å². The second-order valence-electron chi connectivity index (χ2n) is 8.00. The Labute approximate surface area is 166 Å². The largest absolute Gasteiger partial charge is 0.497 e. The number of hydrogen-bond donors (Lipinski definition) is 1. The van der Waals surface area contributed by atoms with Crippen LogP contribution in [0.4, 0.5) is 0 Å². The number of rotatable bonds is 6. The molecule has 0 radical (unpaired) electrons. The number of benzene rings is 1. The van der Waals surface area contributed by atoms with Crippen molar-refractivity contribution >= 4 is 22.7 Å². The van der Waals surface area contributed by atoms with Gasteiger partial charge in [0.1, 0.15) is 5.75 Å². The summed E-state index contributed by atoms with van der Waals surface area (Å²) in [6, 6.07) is 6.18. The van der Waals surface area contributed by atoms with Gasteiger partial charge in [0.15, 0.2) is 0 Å². The molecule has 2 aromatic rings. The van der Waals surface area contributed by atoms with Gasteiger partial charge in [0.25, 0.3) is 5.91 Å². The summed E-state index contributed by atoms with van der Waals surface area (Å²) in [7, 11) is 1.63. The van der Waals surface area contributed by atoms with Gasteiger partial charge in [-0.1, -0.05) is 19.3 Å². The molecule has 1 aromatic carbocycles. The van der Waals surface area contributed by atoms with Crippen LogP contribution >= 0.6 is 0 Å². The van der Waals surface area contributed by atoms with Gasteiger partial charge < -0.3 is 19.9 Å². The Morgan fingerprint density at radius 1 is 1.25 bits per heavy atom. The second-order valence-corrected chi connectivity index (χ2v) is 8.00. The van der Waals surface area contributed by atoms with Gasteiger partial charge in [-0.25, -0.2) is 0 Å². The molecule has 6 heteroatoms. The van der Waals surface area contributed by atoms with Gasteiger partial charge in [-0.15, -0.1) is 0 Å². The summed E-state index contributed by atoms with van der Waals surface area (Å²) in [6.45, 7) is 5.72. The van der Waals surface area contributed by atoms with E-state index in [1.165, 1.54) is 19.3 Å². The highest BCUT2D eigenvalue weighted by molar-refractivity contribution is 6.09. The summed E-state index contributed by atoms with van der Waals surface area (Å²) in [6.07, 6.45) is 5.94. The molecule has 0 atom stereocenters. The van der Waals surface area contributed by atoms with Crippen LogP contribution < -0.4 is 10.5 Å². The average molecular weight is 386 g/mol. The molecule has 28 heavy (non-hydrogen) atoms. The number of methoxy groups -OCH3 is 1. The number of hydrogen-bond acceptors (Lipinski definition) is 3. The van der Waals surface area contributed by atoms with Crippen molar-refractivity contribution in [3.05, 3.63) is 29.5 Å². The molecule has 0 spiro atoms. The predicted octanol–water partition coefficient (Wildman–Crippen LogP) is 3.80. The van der Waals surface area contributed by atoms with E-state index >= 15 is 0 Å². The number of aromatic nitrogens is 1. The van der Waals surface area contributed by atoms with Crippen molar-refractivity contribution < 1.29 is 14.3 Å². The minimum absolute atomic E-state index is 0.0873. The first-order chi connectivity index (χ1) is 13.3. The van der Waals surface area contributed by atoms with Crippen molar-refractivity contribution in [1.82, 2.24) is 9.47 Å². The van der Waals surface area contributed by atoms with Crippen molar-refractivity contribution in [2.75, 3.05) is 13.7 Å². The van der Waals surface area contributed by atoms with Crippen LogP contribution in [0.5, 0.6) is 5.75 Å². The van der Waals surface area contributed by atoms with Crippen LogP contribution in [0.15, 0.2) is 18.2 Å². The molecule has 1 saturated carbocycles. The maximum Gasteiger partial charge on any atom is 0.257 e. The second kappa shape index (κ2) is 8.25. The van der Waals surface area contributed by atoms with Gasteiger partial charge in [-0.3, -0.25) is 9.59 Å². The summed E-state index contributed by atoms with van der Waals surface area (Å²) < 4.78 is 7.74. The molecule has 0 aliphatic heterocycles. The Morgan fingerprint density at radius 2 is 1.93 bits per heavy atom. The van der Waals surface area contributed by atoms with E-state index in [1.807, 2.05) is 39.0 Å². The summed E-state index contributed by atoms with van der Waals surface area (Å²) in [5.74, 6) is 0.0563. The van der Waals surface area contributed by atoms with Gasteiger partial charge in [0.05, 0.1) is 19.2 Å².